The van der Waals surface area contributed by atoms with E-state index in [1.54, 1.807) is 0 Å². The van der Waals surface area contributed by atoms with Gasteiger partial charge in [-0.1, -0.05) is 24.3 Å². The second kappa shape index (κ2) is 11.2. The normalized spacial score (nSPS) is 12.5. The molecule has 31 heavy (non-hydrogen) atoms. The lowest BCUT2D eigenvalue weighted by atomic mass is 10.0. The quantitative estimate of drug-likeness (QED) is 0.674. The van der Waals surface area contributed by atoms with Crippen LogP contribution in [0.5, 0.6) is 0 Å². The molecule has 3 rings (SSSR count). The molecule has 0 bridgehead atoms. The molecule has 2 amide bonds. The fraction of sp³-hybridized carbons (Fsp3) is 0.417. The summed E-state index contributed by atoms with van der Waals surface area (Å²) < 4.78 is 5.20. The SMILES string of the molecule is CC[NH+](CC)CC(=O)N1c2ccccc2CCc2ccc(NC(=O)OC(C)C)cc21.[Cl-]. The first-order chi connectivity index (χ1) is 14.4. The van der Waals surface area contributed by atoms with Crippen molar-refractivity contribution >= 4 is 29.1 Å². The standard InChI is InChI=1S/C24H31N3O3.ClH/c1-5-26(6-2)16-23(28)27-21-10-8-7-9-18(21)11-12-19-13-14-20(15-22(19)27)25-24(29)30-17(3)4;/h7-10,13-15,17H,5-6,11-12,16H2,1-4H3,(H,25,29);1H. The number of benzene rings is 2. The Hall–Kier alpha value is -2.57. The van der Waals surface area contributed by atoms with Gasteiger partial charge in [0.25, 0.3) is 5.91 Å². The Bertz CT molecular complexity index is 913. The molecule has 0 aromatic heterocycles. The Kier molecular flexibility index (Phi) is 8.89. The molecule has 6 nitrogen and oxygen atoms in total. The lowest BCUT2D eigenvalue weighted by Crippen LogP contribution is -3.12. The van der Waals surface area contributed by atoms with Crippen LogP contribution in [0.25, 0.3) is 0 Å². The Morgan fingerprint density at radius 1 is 1.03 bits per heavy atom. The van der Waals surface area contributed by atoms with Crippen molar-refractivity contribution in [2.75, 3.05) is 29.9 Å². The summed E-state index contributed by atoms with van der Waals surface area (Å²) in [6.07, 6.45) is 1.01. The van der Waals surface area contributed by atoms with Gasteiger partial charge in [0.1, 0.15) is 0 Å². The van der Waals surface area contributed by atoms with Crippen LogP contribution in [0, 0.1) is 0 Å². The van der Waals surface area contributed by atoms with Crippen LogP contribution in [0.3, 0.4) is 0 Å². The number of carbonyl (C=O) groups excluding carboxylic acids is 2. The zero-order valence-corrected chi connectivity index (χ0v) is 19.5. The van der Waals surface area contributed by atoms with Gasteiger partial charge in [-0.25, -0.2) is 4.79 Å². The number of anilines is 3. The molecule has 2 N–H and O–H groups in total. The third-order valence-corrected chi connectivity index (χ3v) is 5.46. The minimum Gasteiger partial charge on any atom is -1.00 e. The summed E-state index contributed by atoms with van der Waals surface area (Å²) in [6.45, 7) is 10.0. The van der Waals surface area contributed by atoms with Crippen LogP contribution in [0.4, 0.5) is 21.9 Å². The third-order valence-electron chi connectivity index (χ3n) is 5.46. The molecule has 0 unspecified atom stereocenters. The molecule has 1 aliphatic rings. The van der Waals surface area contributed by atoms with Gasteiger partial charge in [0, 0.05) is 5.69 Å². The molecular formula is C24H32ClN3O3. The number of hydrogen-bond donors (Lipinski definition) is 2. The van der Waals surface area contributed by atoms with Crippen LogP contribution < -0.4 is 27.5 Å². The summed E-state index contributed by atoms with van der Waals surface area (Å²) in [5.41, 5.74) is 4.63. The highest BCUT2D eigenvalue weighted by atomic mass is 35.5. The minimum absolute atomic E-state index is 0. The third kappa shape index (κ3) is 5.99. The number of fused-ring (bicyclic) bond motifs is 2. The molecule has 2 aromatic carbocycles. The molecular weight excluding hydrogens is 414 g/mol. The summed E-state index contributed by atoms with van der Waals surface area (Å²) in [5.74, 6) is 0.0613. The minimum atomic E-state index is -0.496. The van der Waals surface area contributed by atoms with Gasteiger partial charge < -0.3 is 22.0 Å². The van der Waals surface area contributed by atoms with E-state index in [0.29, 0.717) is 12.2 Å². The lowest BCUT2D eigenvalue weighted by molar-refractivity contribution is -0.888. The average molecular weight is 446 g/mol. The summed E-state index contributed by atoms with van der Waals surface area (Å²) in [5, 5.41) is 2.79. The van der Waals surface area contributed by atoms with E-state index >= 15 is 0 Å². The number of halogens is 1. The van der Waals surface area contributed by atoms with Crippen molar-refractivity contribution < 1.29 is 31.6 Å². The number of para-hydroxylation sites is 1. The van der Waals surface area contributed by atoms with E-state index in [1.165, 1.54) is 4.90 Å². The molecule has 168 valence electrons. The number of ether oxygens (including phenoxy) is 1. The zero-order chi connectivity index (χ0) is 21.7. The zero-order valence-electron chi connectivity index (χ0n) is 18.7. The Labute approximate surface area is 191 Å². The summed E-state index contributed by atoms with van der Waals surface area (Å²) in [7, 11) is 0. The number of likely N-dealkylation sites (N-methyl/N-ethyl adjacent to an activating group) is 1. The molecule has 0 fully saturated rings. The first-order valence-corrected chi connectivity index (χ1v) is 10.8. The van der Waals surface area contributed by atoms with Gasteiger partial charge >= 0.3 is 6.09 Å². The molecule has 2 aromatic rings. The van der Waals surface area contributed by atoms with E-state index in [2.05, 4.69) is 25.2 Å². The smallest absolute Gasteiger partial charge is 0.411 e. The molecule has 0 saturated carbocycles. The Morgan fingerprint density at radius 2 is 1.68 bits per heavy atom. The van der Waals surface area contributed by atoms with Crippen LogP contribution >= 0.6 is 0 Å². The predicted octanol–water partition coefficient (Wildman–Crippen LogP) is 0.336. The van der Waals surface area contributed by atoms with Gasteiger partial charge in [0.15, 0.2) is 6.54 Å². The van der Waals surface area contributed by atoms with Gasteiger partial charge in [-0.2, -0.15) is 0 Å². The molecule has 1 heterocycles. The monoisotopic (exact) mass is 445 g/mol. The average Bonchev–Trinajstić information content (AvgIpc) is 2.87. The van der Waals surface area contributed by atoms with E-state index in [4.69, 9.17) is 4.74 Å². The van der Waals surface area contributed by atoms with Crippen molar-refractivity contribution in [1.29, 1.82) is 0 Å². The number of nitrogens with zero attached hydrogens (tertiary/aromatic N) is 1. The van der Waals surface area contributed by atoms with E-state index in [0.717, 1.165) is 48.4 Å². The molecule has 0 atom stereocenters. The van der Waals surface area contributed by atoms with E-state index in [1.807, 2.05) is 55.1 Å². The highest BCUT2D eigenvalue weighted by molar-refractivity contribution is 6.03. The van der Waals surface area contributed by atoms with Crippen molar-refractivity contribution in [2.24, 2.45) is 0 Å². The van der Waals surface area contributed by atoms with Crippen molar-refractivity contribution in [2.45, 2.75) is 46.6 Å². The largest absolute Gasteiger partial charge is 1.00 e. The Balaban J connectivity index is 0.00000341. The second-order valence-corrected chi connectivity index (χ2v) is 7.91. The molecule has 0 saturated heterocycles. The van der Waals surface area contributed by atoms with Crippen LogP contribution in [-0.2, 0) is 22.4 Å². The molecule has 1 aliphatic heterocycles. The van der Waals surface area contributed by atoms with E-state index in [-0.39, 0.29) is 24.4 Å². The van der Waals surface area contributed by atoms with Crippen LogP contribution in [0.2, 0.25) is 0 Å². The number of aryl methyl sites for hydroxylation is 2. The number of carbonyl (C=O) groups is 2. The molecule has 0 aliphatic carbocycles. The van der Waals surface area contributed by atoms with Crippen LogP contribution in [0.15, 0.2) is 42.5 Å². The van der Waals surface area contributed by atoms with Gasteiger partial charge in [-0.05, 0) is 69.9 Å². The van der Waals surface area contributed by atoms with Crippen molar-refractivity contribution in [3.63, 3.8) is 0 Å². The maximum atomic E-state index is 13.5. The van der Waals surface area contributed by atoms with Gasteiger partial charge in [0.05, 0.1) is 30.6 Å². The predicted molar refractivity (Wildman–Crippen MR) is 120 cm³/mol. The fourth-order valence-corrected chi connectivity index (χ4v) is 3.82. The van der Waals surface area contributed by atoms with E-state index in [9.17, 15) is 9.59 Å². The first kappa shape index (κ1) is 24.7. The maximum absolute atomic E-state index is 13.5. The number of nitrogens with one attached hydrogen (secondary N) is 2. The summed E-state index contributed by atoms with van der Waals surface area (Å²) in [4.78, 5) is 28.6. The van der Waals surface area contributed by atoms with Gasteiger partial charge in [-0.15, -0.1) is 0 Å². The van der Waals surface area contributed by atoms with Gasteiger partial charge in [-0.3, -0.25) is 15.0 Å². The van der Waals surface area contributed by atoms with Crippen LogP contribution in [-0.4, -0.2) is 37.7 Å². The van der Waals surface area contributed by atoms with Crippen molar-refractivity contribution in [3.8, 4) is 0 Å². The Morgan fingerprint density at radius 3 is 2.32 bits per heavy atom. The summed E-state index contributed by atoms with van der Waals surface area (Å²) >= 11 is 0. The second-order valence-electron chi connectivity index (χ2n) is 7.91. The van der Waals surface area contributed by atoms with Crippen molar-refractivity contribution in [1.82, 2.24) is 0 Å². The molecule has 7 heteroatoms. The number of quaternary nitrogens is 1. The van der Waals surface area contributed by atoms with Crippen molar-refractivity contribution in [3.05, 3.63) is 53.6 Å². The fourth-order valence-electron chi connectivity index (χ4n) is 3.82. The first-order valence-electron chi connectivity index (χ1n) is 10.8. The maximum Gasteiger partial charge on any atom is 0.411 e. The molecule has 0 radical (unpaired) electrons. The highest BCUT2D eigenvalue weighted by Gasteiger charge is 2.28. The number of amides is 2. The topological polar surface area (TPSA) is 63.1 Å². The van der Waals surface area contributed by atoms with Crippen LogP contribution in [0.1, 0.15) is 38.8 Å². The lowest BCUT2D eigenvalue weighted by Gasteiger charge is -2.27. The van der Waals surface area contributed by atoms with E-state index < -0.39 is 6.09 Å². The summed E-state index contributed by atoms with van der Waals surface area (Å²) in [6, 6.07) is 13.8. The number of rotatable bonds is 6. The number of hydrogen-bond acceptors (Lipinski definition) is 3. The molecule has 0 spiro atoms. The van der Waals surface area contributed by atoms with Gasteiger partial charge in [0.2, 0.25) is 0 Å². The highest BCUT2D eigenvalue weighted by Crippen LogP contribution is 2.37.